The van der Waals surface area contributed by atoms with E-state index < -0.39 is 29.6 Å². The maximum Gasteiger partial charge on any atom is 0.323 e. The summed E-state index contributed by atoms with van der Waals surface area (Å²) in [6.07, 6.45) is -1.50. The number of hydrogen-bond donors (Lipinski definition) is 5. The van der Waals surface area contributed by atoms with E-state index >= 15 is 0 Å². The van der Waals surface area contributed by atoms with Crippen LogP contribution in [0.15, 0.2) is 12.1 Å². The number of aromatic nitrogens is 2. The van der Waals surface area contributed by atoms with Crippen molar-refractivity contribution in [2.75, 3.05) is 17.2 Å². The van der Waals surface area contributed by atoms with E-state index in [-0.39, 0.29) is 18.6 Å². The van der Waals surface area contributed by atoms with Crippen molar-refractivity contribution in [3.05, 3.63) is 17.7 Å². The Hall–Kier alpha value is -2.85. The van der Waals surface area contributed by atoms with Crippen molar-refractivity contribution in [2.45, 2.75) is 44.7 Å². The second-order valence-electron chi connectivity index (χ2n) is 7.93. The topological polar surface area (TPSA) is 146 Å². The summed E-state index contributed by atoms with van der Waals surface area (Å²) in [7, 11) is 0. The number of aromatic amines is 1. The van der Waals surface area contributed by atoms with Crippen LogP contribution in [0.5, 0.6) is 0 Å². The van der Waals surface area contributed by atoms with Gasteiger partial charge in [0.05, 0.1) is 23.8 Å². The van der Waals surface area contributed by atoms with Gasteiger partial charge in [-0.1, -0.05) is 0 Å². The first-order chi connectivity index (χ1) is 13.3. The van der Waals surface area contributed by atoms with Gasteiger partial charge in [0.25, 0.3) is 0 Å². The molecule has 3 aliphatic rings. The van der Waals surface area contributed by atoms with Crippen LogP contribution in [0.4, 0.5) is 16.3 Å². The molecule has 2 saturated heterocycles. The lowest BCUT2D eigenvalue weighted by Gasteiger charge is -2.57. The second-order valence-corrected chi connectivity index (χ2v) is 7.93. The average molecular weight is 386 g/mol. The summed E-state index contributed by atoms with van der Waals surface area (Å²) in [6.45, 7) is 4.41. The van der Waals surface area contributed by atoms with Gasteiger partial charge in [0.15, 0.2) is 5.82 Å². The SMILES string of the molecule is C[C@@H]1CN2c3cc4[nH]nc(N)c4cc3C[C@@]3(C(=O)NC(=O)N[C@@H]3O)[C@H]2[C@H](C)O1. The van der Waals surface area contributed by atoms with Gasteiger partial charge in [-0.05, 0) is 38.0 Å². The van der Waals surface area contributed by atoms with Crippen LogP contribution in [0.2, 0.25) is 0 Å². The lowest BCUT2D eigenvalue weighted by atomic mass is 9.66. The number of nitrogens with zero attached hydrogens (tertiary/aromatic N) is 2. The zero-order chi connectivity index (χ0) is 19.8. The minimum absolute atomic E-state index is 0.0600. The predicted octanol–water partition coefficient (Wildman–Crippen LogP) is -0.172. The molecule has 1 aromatic heterocycles. The predicted molar refractivity (Wildman–Crippen MR) is 100 cm³/mol. The summed E-state index contributed by atoms with van der Waals surface area (Å²) in [5.41, 5.74) is 7.30. The first-order valence-corrected chi connectivity index (χ1v) is 9.30. The number of nitrogen functional groups attached to an aromatic ring is 1. The number of carbonyl (C=O) groups is 2. The molecular weight excluding hydrogens is 364 g/mol. The first kappa shape index (κ1) is 17.3. The number of nitrogens with two attached hydrogens (primary N) is 1. The molecule has 10 heteroatoms. The molecule has 5 atom stereocenters. The molecule has 0 aliphatic carbocycles. The smallest absolute Gasteiger partial charge is 0.323 e. The number of aliphatic hydroxyl groups excluding tert-OH is 1. The zero-order valence-electron chi connectivity index (χ0n) is 15.5. The van der Waals surface area contributed by atoms with Gasteiger partial charge in [0, 0.05) is 17.6 Å². The van der Waals surface area contributed by atoms with Crippen LogP contribution in [-0.2, 0) is 16.0 Å². The van der Waals surface area contributed by atoms with Crippen LogP contribution >= 0.6 is 0 Å². The minimum atomic E-state index is -1.34. The third-order valence-electron chi connectivity index (χ3n) is 6.20. The van der Waals surface area contributed by atoms with Crippen molar-refractivity contribution in [1.29, 1.82) is 0 Å². The standard InChI is InChI=1S/C18H22N6O4/c1-7-6-24-12-4-11-10(14(19)23-22-11)3-9(12)5-18(13(24)8(2)28-7)15(25)20-17(27)21-16(18)26/h3-4,7-8,13,15,25H,5-6H2,1-2H3,(H3,19,22,23)(H2,20,21,26,27)/t7-,8+,13-,15-,18-/m1/s1. The highest BCUT2D eigenvalue weighted by atomic mass is 16.5. The fourth-order valence-electron chi connectivity index (χ4n) is 5.13. The summed E-state index contributed by atoms with van der Waals surface area (Å²) in [5.74, 6) is -0.130. The quantitative estimate of drug-likeness (QED) is 0.422. The Balaban J connectivity index is 1.74. The van der Waals surface area contributed by atoms with Crippen molar-refractivity contribution >= 4 is 34.3 Å². The summed E-state index contributed by atoms with van der Waals surface area (Å²) in [4.78, 5) is 27.0. The molecule has 2 aromatic rings. The number of benzene rings is 1. The maximum absolute atomic E-state index is 13.1. The Labute approximate surface area is 160 Å². The van der Waals surface area contributed by atoms with Gasteiger partial charge in [-0.25, -0.2) is 4.79 Å². The molecule has 1 aromatic carbocycles. The Morgan fingerprint density at radius 1 is 1.36 bits per heavy atom. The molecule has 2 fully saturated rings. The molecule has 5 rings (SSSR count). The van der Waals surface area contributed by atoms with E-state index in [1.807, 2.05) is 26.0 Å². The monoisotopic (exact) mass is 386 g/mol. The number of ether oxygens (including phenoxy) is 1. The molecule has 1 spiro atoms. The number of amides is 3. The second kappa shape index (κ2) is 5.58. The highest BCUT2D eigenvalue weighted by molar-refractivity contribution is 6.02. The summed E-state index contributed by atoms with van der Waals surface area (Å²) >= 11 is 0. The van der Waals surface area contributed by atoms with Crippen molar-refractivity contribution < 1.29 is 19.4 Å². The van der Waals surface area contributed by atoms with Gasteiger partial charge in [-0.15, -0.1) is 0 Å². The number of rotatable bonds is 0. The first-order valence-electron chi connectivity index (χ1n) is 9.30. The van der Waals surface area contributed by atoms with E-state index in [0.717, 1.165) is 22.2 Å². The number of aliphatic hydroxyl groups is 1. The Morgan fingerprint density at radius 3 is 2.89 bits per heavy atom. The Morgan fingerprint density at radius 2 is 2.14 bits per heavy atom. The van der Waals surface area contributed by atoms with Gasteiger partial charge < -0.3 is 25.8 Å². The number of urea groups is 1. The molecule has 148 valence electrons. The lowest BCUT2D eigenvalue weighted by Crippen LogP contribution is -2.76. The molecule has 10 nitrogen and oxygen atoms in total. The fraction of sp³-hybridized carbons (Fsp3) is 0.500. The molecule has 0 radical (unpaired) electrons. The number of morpholine rings is 1. The van der Waals surface area contributed by atoms with Crippen molar-refractivity contribution in [2.24, 2.45) is 5.41 Å². The van der Waals surface area contributed by atoms with E-state index in [0.29, 0.717) is 12.4 Å². The number of hydrogen-bond acceptors (Lipinski definition) is 7. The molecule has 4 heterocycles. The lowest BCUT2D eigenvalue weighted by molar-refractivity contribution is -0.155. The molecule has 0 saturated carbocycles. The number of H-pyrrole nitrogens is 1. The van der Waals surface area contributed by atoms with Gasteiger partial charge >= 0.3 is 6.03 Å². The van der Waals surface area contributed by atoms with Gasteiger partial charge in [-0.2, -0.15) is 5.10 Å². The fourth-order valence-corrected chi connectivity index (χ4v) is 5.13. The normalized spacial score (nSPS) is 34.8. The van der Waals surface area contributed by atoms with Gasteiger partial charge in [-0.3, -0.25) is 15.2 Å². The van der Waals surface area contributed by atoms with Crippen LogP contribution in [0, 0.1) is 5.41 Å². The van der Waals surface area contributed by atoms with Crippen LogP contribution in [0.25, 0.3) is 10.9 Å². The van der Waals surface area contributed by atoms with Gasteiger partial charge in [0.2, 0.25) is 5.91 Å². The Kier molecular flexibility index (Phi) is 3.44. The van der Waals surface area contributed by atoms with Crippen LogP contribution in [-0.4, -0.2) is 58.3 Å². The van der Waals surface area contributed by atoms with Crippen LogP contribution < -0.4 is 21.3 Å². The molecular formula is C18H22N6O4. The maximum atomic E-state index is 13.1. The third kappa shape index (κ3) is 2.12. The summed E-state index contributed by atoms with van der Waals surface area (Å²) < 4.78 is 6.03. The average Bonchev–Trinajstić information content (AvgIpc) is 2.98. The number of imide groups is 1. The molecule has 6 N–H and O–H groups in total. The molecule has 0 unspecified atom stereocenters. The molecule has 28 heavy (non-hydrogen) atoms. The zero-order valence-corrected chi connectivity index (χ0v) is 15.5. The number of carbonyl (C=O) groups excluding carboxylic acids is 2. The van der Waals surface area contributed by atoms with E-state index in [2.05, 4.69) is 25.7 Å². The number of nitrogens with one attached hydrogen (secondary N) is 3. The minimum Gasteiger partial charge on any atom is -0.382 e. The Bertz CT molecular complexity index is 1010. The molecule has 3 aliphatic heterocycles. The highest BCUT2D eigenvalue weighted by Gasteiger charge is 2.62. The third-order valence-corrected chi connectivity index (χ3v) is 6.20. The van der Waals surface area contributed by atoms with Crippen LogP contribution in [0.1, 0.15) is 19.4 Å². The van der Waals surface area contributed by atoms with E-state index in [9.17, 15) is 14.7 Å². The molecule has 0 bridgehead atoms. The van der Waals surface area contributed by atoms with Crippen LogP contribution in [0.3, 0.4) is 0 Å². The molecule has 3 amide bonds. The van der Waals surface area contributed by atoms with Crippen molar-refractivity contribution in [3.63, 3.8) is 0 Å². The van der Waals surface area contributed by atoms with Crippen molar-refractivity contribution in [1.82, 2.24) is 20.8 Å². The highest BCUT2D eigenvalue weighted by Crippen LogP contribution is 2.48. The van der Waals surface area contributed by atoms with E-state index in [4.69, 9.17) is 10.5 Å². The largest absolute Gasteiger partial charge is 0.382 e. The van der Waals surface area contributed by atoms with E-state index in [1.165, 1.54) is 0 Å². The van der Waals surface area contributed by atoms with Crippen molar-refractivity contribution in [3.8, 4) is 0 Å². The number of anilines is 2. The number of fused-ring (bicyclic) bond motifs is 5. The summed E-state index contributed by atoms with van der Waals surface area (Å²) in [6, 6.07) is 2.73. The van der Waals surface area contributed by atoms with Gasteiger partial charge in [0.1, 0.15) is 11.6 Å². The van der Waals surface area contributed by atoms with E-state index in [1.54, 1.807) is 0 Å². The summed E-state index contributed by atoms with van der Waals surface area (Å²) in [5, 5.41) is 23.4.